The Labute approximate surface area is 130 Å². The number of aliphatic hydroxyl groups is 1. The predicted octanol–water partition coefficient (Wildman–Crippen LogP) is 0.935. The van der Waals surface area contributed by atoms with E-state index in [2.05, 4.69) is 5.32 Å². The van der Waals surface area contributed by atoms with Crippen molar-refractivity contribution in [3.8, 4) is 5.75 Å². The minimum atomic E-state index is -0.601. The van der Waals surface area contributed by atoms with Crippen LogP contribution in [0, 0.1) is 5.92 Å². The lowest BCUT2D eigenvalue weighted by atomic mass is 10.1. The van der Waals surface area contributed by atoms with E-state index in [1.807, 2.05) is 31.2 Å². The van der Waals surface area contributed by atoms with Crippen molar-refractivity contribution in [2.75, 3.05) is 24.6 Å². The molecule has 22 heavy (non-hydrogen) atoms. The molecular weight excluding hydrogens is 284 g/mol. The fourth-order valence-electron chi connectivity index (χ4n) is 2.47. The number of hydrogen-bond acceptors (Lipinski definition) is 4. The Morgan fingerprint density at radius 2 is 2.23 bits per heavy atom. The van der Waals surface area contributed by atoms with Crippen molar-refractivity contribution in [1.82, 2.24) is 5.32 Å². The van der Waals surface area contributed by atoms with Gasteiger partial charge in [-0.15, -0.1) is 0 Å². The van der Waals surface area contributed by atoms with Crippen molar-refractivity contribution in [2.24, 2.45) is 5.92 Å². The highest BCUT2D eigenvalue weighted by Crippen LogP contribution is 2.33. The highest BCUT2D eigenvalue weighted by atomic mass is 16.5. The molecule has 1 heterocycles. The second-order valence-corrected chi connectivity index (χ2v) is 5.40. The SMILES string of the molecule is CCOc1ccccc1N1CC(C(=O)NCC(C)O)CC1=O. The summed E-state index contributed by atoms with van der Waals surface area (Å²) < 4.78 is 5.54. The molecule has 0 saturated carbocycles. The summed E-state index contributed by atoms with van der Waals surface area (Å²) >= 11 is 0. The van der Waals surface area contributed by atoms with Crippen LogP contribution in [0.4, 0.5) is 5.69 Å². The first-order chi connectivity index (χ1) is 10.5. The van der Waals surface area contributed by atoms with Crippen LogP contribution in [0.2, 0.25) is 0 Å². The van der Waals surface area contributed by atoms with Crippen LogP contribution < -0.4 is 15.0 Å². The monoisotopic (exact) mass is 306 g/mol. The first-order valence-corrected chi connectivity index (χ1v) is 7.51. The standard InChI is InChI=1S/C16H22N2O4/c1-3-22-14-7-5-4-6-13(14)18-10-12(8-15(18)20)16(21)17-9-11(2)19/h4-7,11-12,19H,3,8-10H2,1-2H3,(H,17,21). The fourth-order valence-corrected chi connectivity index (χ4v) is 2.47. The highest BCUT2D eigenvalue weighted by molar-refractivity contribution is 6.01. The van der Waals surface area contributed by atoms with E-state index in [4.69, 9.17) is 4.74 Å². The van der Waals surface area contributed by atoms with E-state index in [0.717, 1.165) is 0 Å². The number of benzene rings is 1. The summed E-state index contributed by atoms with van der Waals surface area (Å²) in [7, 11) is 0. The van der Waals surface area contributed by atoms with Gasteiger partial charge < -0.3 is 20.1 Å². The topological polar surface area (TPSA) is 78.9 Å². The second-order valence-electron chi connectivity index (χ2n) is 5.40. The van der Waals surface area contributed by atoms with Crippen molar-refractivity contribution in [2.45, 2.75) is 26.4 Å². The Hall–Kier alpha value is -2.08. The van der Waals surface area contributed by atoms with Crippen LogP contribution in [-0.2, 0) is 9.59 Å². The largest absolute Gasteiger partial charge is 0.492 e. The van der Waals surface area contributed by atoms with Gasteiger partial charge in [0.15, 0.2) is 0 Å². The van der Waals surface area contributed by atoms with E-state index in [9.17, 15) is 14.7 Å². The number of nitrogens with one attached hydrogen (secondary N) is 1. The van der Waals surface area contributed by atoms with Gasteiger partial charge in [0.1, 0.15) is 5.75 Å². The Bertz CT molecular complexity index is 545. The van der Waals surface area contributed by atoms with Gasteiger partial charge in [0.25, 0.3) is 0 Å². The molecule has 0 aromatic heterocycles. The normalized spacial score (nSPS) is 19.1. The molecule has 2 unspecified atom stereocenters. The summed E-state index contributed by atoms with van der Waals surface area (Å²) in [6.07, 6.45) is -0.428. The minimum Gasteiger partial charge on any atom is -0.492 e. The number of nitrogens with zero attached hydrogens (tertiary/aromatic N) is 1. The third-order valence-electron chi connectivity index (χ3n) is 3.52. The maximum absolute atomic E-state index is 12.2. The predicted molar refractivity (Wildman–Crippen MR) is 82.8 cm³/mol. The van der Waals surface area contributed by atoms with Crippen LogP contribution >= 0.6 is 0 Å². The van der Waals surface area contributed by atoms with Gasteiger partial charge in [-0.2, -0.15) is 0 Å². The average Bonchev–Trinajstić information content (AvgIpc) is 2.87. The number of para-hydroxylation sites is 2. The molecule has 2 atom stereocenters. The van der Waals surface area contributed by atoms with Gasteiger partial charge in [-0.05, 0) is 26.0 Å². The zero-order chi connectivity index (χ0) is 16.1. The van der Waals surface area contributed by atoms with Gasteiger partial charge in [0.05, 0.1) is 24.3 Å². The quantitative estimate of drug-likeness (QED) is 0.819. The molecule has 0 spiro atoms. The van der Waals surface area contributed by atoms with Crippen molar-refractivity contribution >= 4 is 17.5 Å². The maximum Gasteiger partial charge on any atom is 0.227 e. The van der Waals surface area contributed by atoms with E-state index in [1.165, 1.54) is 0 Å². The molecule has 2 N–H and O–H groups in total. The molecule has 0 aliphatic carbocycles. The van der Waals surface area contributed by atoms with Crippen LogP contribution in [-0.4, -0.2) is 42.7 Å². The molecule has 1 aliphatic heterocycles. The number of anilines is 1. The van der Waals surface area contributed by atoms with Gasteiger partial charge in [-0.25, -0.2) is 0 Å². The lowest BCUT2D eigenvalue weighted by Crippen LogP contribution is -2.36. The fraction of sp³-hybridized carbons (Fsp3) is 0.500. The van der Waals surface area contributed by atoms with Crippen LogP contribution in [0.1, 0.15) is 20.3 Å². The lowest BCUT2D eigenvalue weighted by Gasteiger charge is -2.20. The van der Waals surface area contributed by atoms with E-state index in [0.29, 0.717) is 24.6 Å². The minimum absolute atomic E-state index is 0.0932. The third kappa shape index (κ3) is 3.76. The number of aliphatic hydroxyl groups excluding tert-OH is 1. The summed E-state index contributed by atoms with van der Waals surface area (Å²) in [5.74, 6) is -0.0562. The number of rotatable bonds is 6. The summed E-state index contributed by atoms with van der Waals surface area (Å²) in [6, 6.07) is 7.32. The zero-order valence-corrected chi connectivity index (χ0v) is 12.9. The Morgan fingerprint density at radius 1 is 1.50 bits per heavy atom. The smallest absolute Gasteiger partial charge is 0.227 e. The van der Waals surface area contributed by atoms with Gasteiger partial charge in [-0.1, -0.05) is 12.1 Å². The molecule has 0 radical (unpaired) electrons. The number of amides is 2. The molecule has 1 saturated heterocycles. The van der Waals surface area contributed by atoms with E-state index < -0.39 is 12.0 Å². The first-order valence-electron chi connectivity index (χ1n) is 7.51. The molecular formula is C16H22N2O4. The molecule has 1 fully saturated rings. The first kappa shape index (κ1) is 16.3. The Balaban J connectivity index is 2.08. The third-order valence-corrected chi connectivity index (χ3v) is 3.52. The van der Waals surface area contributed by atoms with Gasteiger partial charge >= 0.3 is 0 Å². The molecule has 0 bridgehead atoms. The van der Waals surface area contributed by atoms with Crippen molar-refractivity contribution in [3.05, 3.63) is 24.3 Å². The Kier molecular flexibility index (Phi) is 5.38. The summed E-state index contributed by atoms with van der Waals surface area (Å²) in [5.41, 5.74) is 0.695. The molecule has 6 nitrogen and oxygen atoms in total. The summed E-state index contributed by atoms with van der Waals surface area (Å²) in [4.78, 5) is 25.9. The molecule has 120 valence electrons. The Morgan fingerprint density at radius 3 is 2.91 bits per heavy atom. The zero-order valence-electron chi connectivity index (χ0n) is 12.9. The molecule has 2 rings (SSSR count). The summed E-state index contributed by atoms with van der Waals surface area (Å²) in [5, 5.41) is 11.9. The van der Waals surface area contributed by atoms with Crippen LogP contribution in [0.15, 0.2) is 24.3 Å². The molecule has 1 aliphatic rings. The lowest BCUT2D eigenvalue weighted by molar-refractivity contribution is -0.126. The van der Waals surface area contributed by atoms with Crippen LogP contribution in [0.5, 0.6) is 5.75 Å². The molecule has 1 aromatic carbocycles. The number of carbonyl (C=O) groups is 2. The number of ether oxygens (including phenoxy) is 1. The van der Waals surface area contributed by atoms with E-state index in [1.54, 1.807) is 11.8 Å². The molecule has 2 amide bonds. The second kappa shape index (κ2) is 7.26. The van der Waals surface area contributed by atoms with Gasteiger partial charge in [-0.3, -0.25) is 9.59 Å². The van der Waals surface area contributed by atoms with Crippen LogP contribution in [0.3, 0.4) is 0 Å². The highest BCUT2D eigenvalue weighted by Gasteiger charge is 2.36. The van der Waals surface area contributed by atoms with Crippen molar-refractivity contribution in [1.29, 1.82) is 0 Å². The van der Waals surface area contributed by atoms with E-state index >= 15 is 0 Å². The van der Waals surface area contributed by atoms with Crippen molar-refractivity contribution < 1.29 is 19.4 Å². The average molecular weight is 306 g/mol. The molecule has 6 heteroatoms. The van der Waals surface area contributed by atoms with E-state index in [-0.39, 0.29) is 24.8 Å². The maximum atomic E-state index is 12.2. The molecule has 1 aromatic rings. The van der Waals surface area contributed by atoms with Crippen LogP contribution in [0.25, 0.3) is 0 Å². The summed E-state index contributed by atoms with van der Waals surface area (Å²) in [6.45, 7) is 4.52. The number of hydrogen-bond donors (Lipinski definition) is 2. The van der Waals surface area contributed by atoms with Crippen molar-refractivity contribution in [3.63, 3.8) is 0 Å². The van der Waals surface area contributed by atoms with Gasteiger partial charge in [0.2, 0.25) is 11.8 Å². The van der Waals surface area contributed by atoms with Gasteiger partial charge in [0, 0.05) is 19.5 Å². The number of carbonyl (C=O) groups excluding carboxylic acids is 2.